The number of carbonyl (C=O) groups is 2. The van der Waals surface area contributed by atoms with E-state index >= 15 is 0 Å². The number of carbonyl (C=O) groups excluding carboxylic acids is 2. The molecule has 0 saturated carbocycles. The van der Waals surface area contributed by atoms with Crippen molar-refractivity contribution in [3.8, 4) is 17.0 Å². The zero-order valence-corrected chi connectivity index (χ0v) is 18.1. The molecule has 0 unspecified atom stereocenters. The number of esters is 1. The van der Waals surface area contributed by atoms with Crippen molar-refractivity contribution in [3.05, 3.63) is 64.0 Å². The number of anilines is 1. The molecule has 3 aromatic rings. The van der Waals surface area contributed by atoms with Gasteiger partial charge in [-0.3, -0.25) is 4.79 Å². The molecule has 1 amide bonds. The Morgan fingerprint density at radius 2 is 2.00 bits per heavy atom. The van der Waals surface area contributed by atoms with E-state index in [1.54, 1.807) is 35.5 Å². The van der Waals surface area contributed by atoms with Gasteiger partial charge < -0.3 is 19.1 Å². The van der Waals surface area contributed by atoms with E-state index in [-0.39, 0.29) is 12.5 Å². The third kappa shape index (κ3) is 4.60. The van der Waals surface area contributed by atoms with E-state index < -0.39 is 5.97 Å². The van der Waals surface area contributed by atoms with Crippen LogP contribution in [-0.4, -0.2) is 44.3 Å². The van der Waals surface area contributed by atoms with E-state index in [0.29, 0.717) is 30.2 Å². The Balaban J connectivity index is 1.59. The van der Waals surface area contributed by atoms with E-state index in [4.69, 9.17) is 14.2 Å². The maximum Gasteiger partial charge on any atom is 0.337 e. The molecule has 1 aliphatic heterocycles. The van der Waals surface area contributed by atoms with Crippen LogP contribution in [0.2, 0.25) is 0 Å². The Morgan fingerprint density at radius 1 is 1.19 bits per heavy atom. The highest BCUT2D eigenvalue weighted by Gasteiger charge is 2.26. The number of fused-ring (bicyclic) bond motifs is 1. The number of thiazole rings is 1. The highest BCUT2D eigenvalue weighted by atomic mass is 32.1. The molecular formula is C23H22N2O5S. The monoisotopic (exact) mass is 438 g/mol. The third-order valence-electron chi connectivity index (χ3n) is 4.99. The quantitative estimate of drug-likeness (QED) is 0.524. The summed E-state index contributed by atoms with van der Waals surface area (Å²) in [4.78, 5) is 30.7. The number of ether oxygens (including phenoxy) is 3. The molecule has 0 aliphatic carbocycles. The van der Waals surface area contributed by atoms with Crippen molar-refractivity contribution in [2.24, 2.45) is 0 Å². The maximum absolute atomic E-state index is 12.7. The van der Waals surface area contributed by atoms with Crippen molar-refractivity contribution >= 4 is 28.9 Å². The van der Waals surface area contributed by atoms with Crippen LogP contribution in [0.5, 0.6) is 5.75 Å². The second kappa shape index (κ2) is 9.28. The first kappa shape index (κ1) is 21.0. The number of nitrogens with zero attached hydrogens (tertiary/aromatic N) is 2. The molecule has 0 fully saturated rings. The van der Waals surface area contributed by atoms with Crippen molar-refractivity contribution in [1.29, 1.82) is 0 Å². The minimum atomic E-state index is -0.392. The number of methoxy groups -OCH3 is 2. The summed E-state index contributed by atoms with van der Waals surface area (Å²) in [5.41, 5.74) is 3.85. The van der Waals surface area contributed by atoms with Gasteiger partial charge in [0.25, 0.3) is 5.91 Å². The van der Waals surface area contributed by atoms with Gasteiger partial charge in [-0.1, -0.05) is 12.1 Å². The summed E-state index contributed by atoms with van der Waals surface area (Å²) in [6, 6.07) is 12.8. The van der Waals surface area contributed by atoms with Gasteiger partial charge in [0.15, 0.2) is 6.61 Å². The lowest BCUT2D eigenvalue weighted by Gasteiger charge is -2.30. The van der Waals surface area contributed by atoms with Gasteiger partial charge in [0.05, 0.1) is 42.2 Å². The molecule has 0 atom stereocenters. The Bertz CT molecular complexity index is 1090. The average Bonchev–Trinajstić information content (AvgIpc) is 3.28. The number of aromatic nitrogens is 1. The molecule has 2 heterocycles. The van der Waals surface area contributed by atoms with Gasteiger partial charge in [0, 0.05) is 24.5 Å². The van der Waals surface area contributed by atoms with Crippen LogP contribution in [0.15, 0.2) is 47.8 Å². The minimum absolute atomic E-state index is 0.00947. The highest BCUT2D eigenvalue weighted by Crippen LogP contribution is 2.37. The number of hydrogen-bond acceptors (Lipinski definition) is 7. The van der Waals surface area contributed by atoms with Crippen LogP contribution >= 0.6 is 11.3 Å². The standard InChI is InChI=1S/C23H22N2O5S/c1-28-10-9-21-24-18(14-31-21)17-7-8-20-19(11-17)25(22(26)13-30-20)12-15-3-5-16(6-4-15)23(27)29-2/h3-8,11,14H,9-10,12-13H2,1-2H3. The smallest absolute Gasteiger partial charge is 0.337 e. The Kier molecular flexibility index (Phi) is 6.29. The number of benzene rings is 2. The molecule has 0 saturated heterocycles. The van der Waals surface area contributed by atoms with Crippen LogP contribution in [-0.2, 0) is 27.2 Å². The molecule has 7 nitrogen and oxygen atoms in total. The molecule has 4 rings (SSSR count). The van der Waals surface area contributed by atoms with Crippen LogP contribution in [0.1, 0.15) is 20.9 Å². The van der Waals surface area contributed by atoms with Crippen molar-refractivity contribution in [2.75, 3.05) is 32.3 Å². The first-order valence-electron chi connectivity index (χ1n) is 9.77. The molecule has 1 aliphatic rings. The zero-order chi connectivity index (χ0) is 21.8. The van der Waals surface area contributed by atoms with Gasteiger partial charge in [-0.2, -0.15) is 0 Å². The summed E-state index contributed by atoms with van der Waals surface area (Å²) in [7, 11) is 3.02. The fourth-order valence-corrected chi connectivity index (χ4v) is 4.12. The van der Waals surface area contributed by atoms with Crippen LogP contribution in [0.4, 0.5) is 5.69 Å². The fourth-order valence-electron chi connectivity index (χ4n) is 3.33. The topological polar surface area (TPSA) is 78.0 Å². The molecule has 0 radical (unpaired) electrons. The first-order valence-corrected chi connectivity index (χ1v) is 10.6. The lowest BCUT2D eigenvalue weighted by Crippen LogP contribution is -2.38. The lowest BCUT2D eigenvalue weighted by molar-refractivity contribution is -0.121. The molecule has 0 spiro atoms. The van der Waals surface area contributed by atoms with Gasteiger partial charge in [-0.05, 0) is 35.9 Å². The van der Waals surface area contributed by atoms with Gasteiger partial charge in [0.2, 0.25) is 0 Å². The molecule has 160 valence electrons. The number of hydrogen-bond donors (Lipinski definition) is 0. The maximum atomic E-state index is 12.7. The van der Waals surface area contributed by atoms with Crippen LogP contribution < -0.4 is 9.64 Å². The van der Waals surface area contributed by atoms with Crippen molar-refractivity contribution in [3.63, 3.8) is 0 Å². The van der Waals surface area contributed by atoms with Crippen molar-refractivity contribution < 1.29 is 23.8 Å². The second-order valence-corrected chi connectivity index (χ2v) is 7.95. The summed E-state index contributed by atoms with van der Waals surface area (Å²) < 4.78 is 15.5. The van der Waals surface area contributed by atoms with Crippen molar-refractivity contribution in [2.45, 2.75) is 13.0 Å². The number of amides is 1. The van der Waals surface area contributed by atoms with Crippen LogP contribution in [0, 0.1) is 0 Å². The van der Waals surface area contributed by atoms with E-state index in [9.17, 15) is 9.59 Å². The highest BCUT2D eigenvalue weighted by molar-refractivity contribution is 7.09. The summed E-state index contributed by atoms with van der Waals surface area (Å²) in [6.45, 7) is 0.989. The predicted molar refractivity (Wildman–Crippen MR) is 118 cm³/mol. The van der Waals surface area contributed by atoms with Gasteiger partial charge in [-0.15, -0.1) is 11.3 Å². The van der Waals surface area contributed by atoms with E-state index in [1.807, 2.05) is 35.7 Å². The second-order valence-electron chi connectivity index (χ2n) is 7.01. The molecule has 1 aromatic heterocycles. The lowest BCUT2D eigenvalue weighted by atomic mass is 10.1. The molecule has 31 heavy (non-hydrogen) atoms. The van der Waals surface area contributed by atoms with Crippen LogP contribution in [0.25, 0.3) is 11.3 Å². The molecule has 0 N–H and O–H groups in total. The summed E-state index contributed by atoms with van der Waals surface area (Å²) in [5.74, 6) is 0.141. The van der Waals surface area contributed by atoms with Gasteiger partial charge >= 0.3 is 5.97 Å². The van der Waals surface area contributed by atoms with E-state index in [1.165, 1.54) is 7.11 Å². The van der Waals surface area contributed by atoms with Crippen molar-refractivity contribution in [1.82, 2.24) is 4.98 Å². The third-order valence-corrected chi connectivity index (χ3v) is 5.89. The molecule has 8 heteroatoms. The summed E-state index contributed by atoms with van der Waals surface area (Å²) in [5, 5.41) is 3.01. The first-order chi connectivity index (χ1) is 15.1. The molecular weight excluding hydrogens is 416 g/mol. The summed E-state index contributed by atoms with van der Waals surface area (Å²) >= 11 is 1.59. The number of rotatable bonds is 7. The van der Waals surface area contributed by atoms with Gasteiger partial charge in [-0.25, -0.2) is 9.78 Å². The SMILES string of the molecule is COCCc1nc(-c2ccc3c(c2)N(Cc2ccc(C(=O)OC)cc2)C(=O)CO3)cs1. The fraction of sp³-hybridized carbons (Fsp3) is 0.261. The zero-order valence-electron chi connectivity index (χ0n) is 17.3. The average molecular weight is 439 g/mol. The van der Waals surface area contributed by atoms with E-state index in [0.717, 1.165) is 28.2 Å². The molecule has 2 aromatic carbocycles. The van der Waals surface area contributed by atoms with Gasteiger partial charge in [0.1, 0.15) is 5.75 Å². The van der Waals surface area contributed by atoms with E-state index in [2.05, 4.69) is 4.98 Å². The minimum Gasteiger partial charge on any atom is -0.482 e. The predicted octanol–water partition coefficient (Wildman–Crippen LogP) is 3.71. The largest absolute Gasteiger partial charge is 0.482 e. The Labute approximate surface area is 184 Å². The normalized spacial score (nSPS) is 13.0. The Hall–Kier alpha value is -3.23. The Morgan fingerprint density at radius 3 is 2.74 bits per heavy atom. The van der Waals surface area contributed by atoms with Crippen LogP contribution in [0.3, 0.4) is 0 Å². The molecule has 0 bridgehead atoms. The summed E-state index contributed by atoms with van der Waals surface area (Å²) in [6.07, 6.45) is 0.765.